The molecule has 0 amide bonds. The van der Waals surface area contributed by atoms with E-state index in [2.05, 4.69) is 44.2 Å². The molecule has 1 heterocycles. The Kier molecular flexibility index (Phi) is 11.6. The standard InChI is InChI=1S/C20H31FN6S.HI/c1-14(2)13-27-18(25-26-20(27)28-5)7-6-10-23-19(22-4)24-12-16-8-9-17(21)15(3)11-16;/h8-9,11,14H,6-7,10,12-13H2,1-5H3,(H2,22,23,24);1H. The second kappa shape index (κ2) is 13.0. The van der Waals surface area contributed by atoms with Gasteiger partial charge in [0.05, 0.1) is 0 Å². The van der Waals surface area contributed by atoms with Crippen LogP contribution in [0.2, 0.25) is 0 Å². The number of benzene rings is 1. The van der Waals surface area contributed by atoms with Crippen molar-refractivity contribution in [2.45, 2.75) is 51.9 Å². The molecule has 0 spiro atoms. The third-order valence-electron chi connectivity index (χ3n) is 4.30. The smallest absolute Gasteiger partial charge is 0.191 e. The first-order valence-electron chi connectivity index (χ1n) is 9.60. The monoisotopic (exact) mass is 534 g/mol. The van der Waals surface area contributed by atoms with Crippen LogP contribution in [0.3, 0.4) is 0 Å². The second-order valence-electron chi connectivity index (χ2n) is 7.15. The van der Waals surface area contributed by atoms with Crippen molar-refractivity contribution in [3.05, 3.63) is 41.0 Å². The summed E-state index contributed by atoms with van der Waals surface area (Å²) in [4.78, 5) is 4.25. The number of aryl methyl sites for hydroxylation is 2. The molecule has 1 aromatic carbocycles. The predicted octanol–water partition coefficient (Wildman–Crippen LogP) is 4.02. The first-order chi connectivity index (χ1) is 13.4. The summed E-state index contributed by atoms with van der Waals surface area (Å²) in [6.07, 6.45) is 3.83. The van der Waals surface area contributed by atoms with Gasteiger partial charge in [0.2, 0.25) is 0 Å². The Bertz CT molecular complexity index is 793. The summed E-state index contributed by atoms with van der Waals surface area (Å²) >= 11 is 1.63. The lowest BCUT2D eigenvalue weighted by molar-refractivity contribution is 0.477. The SMILES string of the molecule is CN=C(NCCCc1nnc(SC)n1CC(C)C)NCc1ccc(F)c(C)c1.I. The molecule has 2 rings (SSSR count). The van der Waals surface area contributed by atoms with Gasteiger partial charge in [-0.2, -0.15) is 0 Å². The Labute approximate surface area is 194 Å². The fourth-order valence-electron chi connectivity index (χ4n) is 2.88. The summed E-state index contributed by atoms with van der Waals surface area (Å²) in [6.45, 7) is 8.49. The molecule has 0 atom stereocenters. The molecule has 0 unspecified atom stereocenters. The van der Waals surface area contributed by atoms with E-state index in [0.717, 1.165) is 48.4 Å². The van der Waals surface area contributed by atoms with E-state index in [0.29, 0.717) is 18.0 Å². The number of aliphatic imine (C=N–C) groups is 1. The highest BCUT2D eigenvalue weighted by Gasteiger charge is 2.12. The van der Waals surface area contributed by atoms with E-state index in [1.165, 1.54) is 6.07 Å². The Morgan fingerprint density at radius 3 is 2.66 bits per heavy atom. The predicted molar refractivity (Wildman–Crippen MR) is 130 cm³/mol. The van der Waals surface area contributed by atoms with Crippen molar-refractivity contribution in [1.82, 2.24) is 25.4 Å². The van der Waals surface area contributed by atoms with Gasteiger partial charge in [-0.25, -0.2) is 4.39 Å². The van der Waals surface area contributed by atoms with Crippen LogP contribution < -0.4 is 10.6 Å². The average Bonchev–Trinajstić information content (AvgIpc) is 3.04. The van der Waals surface area contributed by atoms with Crippen molar-refractivity contribution in [3.8, 4) is 0 Å². The van der Waals surface area contributed by atoms with Gasteiger partial charge in [-0.1, -0.05) is 37.7 Å². The second-order valence-corrected chi connectivity index (χ2v) is 7.92. The number of guanidine groups is 1. The number of halogens is 2. The lowest BCUT2D eigenvalue weighted by Gasteiger charge is -2.13. The number of thioether (sulfide) groups is 1. The van der Waals surface area contributed by atoms with Gasteiger partial charge >= 0.3 is 0 Å². The van der Waals surface area contributed by atoms with Crippen LogP contribution in [-0.2, 0) is 19.5 Å². The molecule has 0 aliphatic carbocycles. The summed E-state index contributed by atoms with van der Waals surface area (Å²) < 4.78 is 15.6. The van der Waals surface area contributed by atoms with E-state index in [1.807, 2.05) is 12.3 Å². The van der Waals surface area contributed by atoms with Crippen LogP contribution in [-0.4, -0.2) is 40.6 Å². The maximum atomic E-state index is 13.4. The number of nitrogens with one attached hydrogen (secondary N) is 2. The molecular weight excluding hydrogens is 502 g/mol. The molecule has 0 fully saturated rings. The van der Waals surface area contributed by atoms with E-state index in [4.69, 9.17) is 0 Å². The van der Waals surface area contributed by atoms with Crippen molar-refractivity contribution in [2.24, 2.45) is 10.9 Å². The summed E-state index contributed by atoms with van der Waals surface area (Å²) in [6, 6.07) is 5.13. The van der Waals surface area contributed by atoms with Crippen molar-refractivity contribution >= 4 is 41.7 Å². The van der Waals surface area contributed by atoms with Gasteiger partial charge in [-0.3, -0.25) is 4.99 Å². The minimum Gasteiger partial charge on any atom is -0.356 e. The van der Waals surface area contributed by atoms with Crippen LogP contribution in [0.1, 0.15) is 37.2 Å². The Balaban J connectivity index is 0.00000420. The number of hydrogen-bond donors (Lipinski definition) is 2. The first kappa shape index (κ1) is 25.7. The number of hydrogen-bond acceptors (Lipinski definition) is 4. The van der Waals surface area contributed by atoms with E-state index in [9.17, 15) is 4.39 Å². The van der Waals surface area contributed by atoms with E-state index in [1.54, 1.807) is 31.8 Å². The van der Waals surface area contributed by atoms with E-state index in [-0.39, 0.29) is 29.8 Å². The lowest BCUT2D eigenvalue weighted by Crippen LogP contribution is -2.37. The molecule has 6 nitrogen and oxygen atoms in total. The fourth-order valence-corrected chi connectivity index (χ4v) is 3.40. The van der Waals surface area contributed by atoms with Crippen molar-refractivity contribution < 1.29 is 4.39 Å². The van der Waals surface area contributed by atoms with Crippen LogP contribution in [0.5, 0.6) is 0 Å². The molecule has 162 valence electrons. The van der Waals surface area contributed by atoms with Gasteiger partial charge in [-0.05, 0) is 42.7 Å². The molecule has 0 aliphatic heterocycles. The van der Waals surface area contributed by atoms with Gasteiger partial charge in [0.25, 0.3) is 0 Å². The van der Waals surface area contributed by atoms with Gasteiger partial charge in [0.1, 0.15) is 11.6 Å². The molecule has 29 heavy (non-hydrogen) atoms. The van der Waals surface area contributed by atoms with Gasteiger partial charge < -0.3 is 15.2 Å². The quantitative estimate of drug-likeness (QED) is 0.167. The maximum Gasteiger partial charge on any atom is 0.191 e. The largest absolute Gasteiger partial charge is 0.356 e. The third-order valence-corrected chi connectivity index (χ3v) is 4.97. The van der Waals surface area contributed by atoms with Crippen molar-refractivity contribution in [1.29, 1.82) is 0 Å². The van der Waals surface area contributed by atoms with Gasteiger partial charge in [0.15, 0.2) is 11.1 Å². The van der Waals surface area contributed by atoms with Gasteiger partial charge in [0, 0.05) is 33.1 Å². The molecule has 1 aromatic heterocycles. The minimum absolute atomic E-state index is 0. The molecule has 0 aliphatic rings. The highest BCUT2D eigenvalue weighted by atomic mass is 127. The zero-order valence-electron chi connectivity index (χ0n) is 17.8. The molecule has 0 saturated heterocycles. The Hall–Kier alpha value is -1.36. The molecule has 0 radical (unpaired) electrons. The average molecular weight is 534 g/mol. The molecule has 0 saturated carbocycles. The third kappa shape index (κ3) is 8.12. The Morgan fingerprint density at radius 2 is 2.03 bits per heavy atom. The first-order valence-corrected chi connectivity index (χ1v) is 10.8. The maximum absolute atomic E-state index is 13.4. The number of aromatic nitrogens is 3. The highest BCUT2D eigenvalue weighted by Crippen LogP contribution is 2.16. The zero-order valence-corrected chi connectivity index (χ0v) is 21.0. The van der Waals surface area contributed by atoms with Crippen LogP contribution in [0.15, 0.2) is 28.3 Å². The molecular formula is C20H32FIN6S. The highest BCUT2D eigenvalue weighted by molar-refractivity contribution is 14.0. The minimum atomic E-state index is -0.179. The van der Waals surface area contributed by atoms with Gasteiger partial charge in [-0.15, -0.1) is 34.2 Å². The molecule has 0 bridgehead atoms. The summed E-state index contributed by atoms with van der Waals surface area (Å²) in [5.74, 6) is 2.14. The van der Waals surface area contributed by atoms with Crippen LogP contribution in [0, 0.1) is 18.7 Å². The van der Waals surface area contributed by atoms with E-state index >= 15 is 0 Å². The topological polar surface area (TPSA) is 67.1 Å². The fraction of sp³-hybridized carbons (Fsp3) is 0.550. The molecule has 2 aromatic rings. The number of rotatable bonds is 9. The van der Waals surface area contributed by atoms with Crippen molar-refractivity contribution in [3.63, 3.8) is 0 Å². The molecule has 2 N–H and O–H groups in total. The van der Waals surface area contributed by atoms with Crippen molar-refractivity contribution in [2.75, 3.05) is 19.8 Å². The zero-order chi connectivity index (χ0) is 20.5. The Morgan fingerprint density at radius 1 is 1.28 bits per heavy atom. The van der Waals surface area contributed by atoms with Crippen LogP contribution in [0.25, 0.3) is 0 Å². The lowest BCUT2D eigenvalue weighted by atomic mass is 10.1. The summed E-state index contributed by atoms with van der Waals surface area (Å²) in [5.41, 5.74) is 1.67. The summed E-state index contributed by atoms with van der Waals surface area (Å²) in [5, 5.41) is 16.2. The summed E-state index contributed by atoms with van der Waals surface area (Å²) in [7, 11) is 1.75. The van der Waals surface area contributed by atoms with Crippen LogP contribution >= 0.6 is 35.7 Å². The van der Waals surface area contributed by atoms with E-state index < -0.39 is 0 Å². The normalized spacial score (nSPS) is 11.5. The number of nitrogens with zero attached hydrogens (tertiary/aromatic N) is 4. The van der Waals surface area contributed by atoms with Crippen LogP contribution in [0.4, 0.5) is 4.39 Å². The molecule has 9 heteroatoms.